The van der Waals surface area contributed by atoms with E-state index in [0.29, 0.717) is 11.4 Å². The summed E-state index contributed by atoms with van der Waals surface area (Å²) >= 11 is 2.86. The second-order valence-electron chi connectivity index (χ2n) is 4.10. The number of aryl methyl sites for hydroxylation is 1. The molecule has 0 saturated heterocycles. The third kappa shape index (κ3) is 2.93. The van der Waals surface area contributed by atoms with Gasteiger partial charge in [0.2, 0.25) is 0 Å². The van der Waals surface area contributed by atoms with Crippen molar-refractivity contribution in [3.8, 4) is 0 Å². The highest BCUT2D eigenvalue weighted by Gasteiger charge is 2.15. The lowest BCUT2D eigenvalue weighted by atomic mass is 10.1. The van der Waals surface area contributed by atoms with Crippen LogP contribution in [0.3, 0.4) is 0 Å². The summed E-state index contributed by atoms with van der Waals surface area (Å²) in [7, 11) is 0. The fourth-order valence-corrected chi connectivity index (χ4v) is 1.90. The first-order valence-electron chi connectivity index (χ1n) is 5.56. The molecule has 1 aromatic carbocycles. The van der Waals surface area contributed by atoms with Crippen LogP contribution in [0.5, 0.6) is 0 Å². The summed E-state index contributed by atoms with van der Waals surface area (Å²) in [5.74, 6) is -2.03. The Bertz CT molecular complexity index is 692. The number of nitrogen functional groups attached to an aromatic ring is 1. The number of halogens is 3. The van der Waals surface area contributed by atoms with Gasteiger partial charge in [0.1, 0.15) is 11.6 Å². The van der Waals surface area contributed by atoms with E-state index in [1.54, 1.807) is 6.92 Å². The van der Waals surface area contributed by atoms with Crippen molar-refractivity contribution in [2.45, 2.75) is 6.92 Å². The molecule has 104 valence electrons. The number of anilines is 2. The molecule has 0 saturated carbocycles. The minimum Gasteiger partial charge on any atom is -0.397 e. The highest BCUT2D eigenvalue weighted by atomic mass is 79.9. The number of benzene rings is 1. The molecule has 0 unspecified atom stereocenters. The second kappa shape index (κ2) is 5.54. The van der Waals surface area contributed by atoms with Gasteiger partial charge in [0.05, 0.1) is 33.3 Å². The molecule has 1 heterocycles. The highest BCUT2D eigenvalue weighted by molar-refractivity contribution is 9.10. The first kappa shape index (κ1) is 14.4. The molecule has 7 heteroatoms. The molecule has 3 N–H and O–H groups in total. The molecule has 4 nitrogen and oxygen atoms in total. The second-order valence-corrected chi connectivity index (χ2v) is 4.96. The average Bonchev–Trinajstić information content (AvgIpc) is 2.38. The van der Waals surface area contributed by atoms with Gasteiger partial charge in [-0.15, -0.1) is 0 Å². The summed E-state index contributed by atoms with van der Waals surface area (Å²) < 4.78 is 27.0. The molecule has 0 aliphatic heterocycles. The largest absolute Gasteiger partial charge is 0.397 e. The lowest BCUT2D eigenvalue weighted by molar-refractivity contribution is 0.102. The van der Waals surface area contributed by atoms with Crippen molar-refractivity contribution >= 4 is 33.2 Å². The van der Waals surface area contributed by atoms with E-state index in [4.69, 9.17) is 5.73 Å². The number of aromatic nitrogens is 1. The van der Waals surface area contributed by atoms with Crippen molar-refractivity contribution in [3.63, 3.8) is 0 Å². The maximum Gasteiger partial charge on any atom is 0.257 e. The molecule has 1 amide bonds. The first-order chi connectivity index (χ1) is 9.38. The molecule has 1 aromatic heterocycles. The first-order valence-corrected chi connectivity index (χ1v) is 6.36. The van der Waals surface area contributed by atoms with Crippen LogP contribution in [0, 0.1) is 18.6 Å². The van der Waals surface area contributed by atoms with Crippen molar-refractivity contribution < 1.29 is 13.6 Å². The average molecular weight is 342 g/mol. The molecule has 2 rings (SSSR count). The van der Waals surface area contributed by atoms with Gasteiger partial charge in [-0.2, -0.15) is 0 Å². The van der Waals surface area contributed by atoms with E-state index in [1.165, 1.54) is 12.3 Å². The van der Waals surface area contributed by atoms with Crippen LogP contribution in [0.25, 0.3) is 0 Å². The van der Waals surface area contributed by atoms with Gasteiger partial charge in [0.15, 0.2) is 0 Å². The summed E-state index contributed by atoms with van der Waals surface area (Å²) in [5.41, 5.74) is 6.25. The van der Waals surface area contributed by atoms with Crippen LogP contribution >= 0.6 is 15.9 Å². The van der Waals surface area contributed by atoms with E-state index in [-0.39, 0.29) is 15.7 Å². The molecule has 20 heavy (non-hydrogen) atoms. The van der Waals surface area contributed by atoms with Crippen LogP contribution < -0.4 is 11.1 Å². The Balaban J connectivity index is 2.32. The molecule has 0 radical (unpaired) electrons. The Morgan fingerprint density at radius 2 is 2.00 bits per heavy atom. The zero-order valence-corrected chi connectivity index (χ0v) is 12.0. The number of amides is 1. The van der Waals surface area contributed by atoms with Gasteiger partial charge >= 0.3 is 0 Å². The van der Waals surface area contributed by atoms with Crippen molar-refractivity contribution in [2.75, 3.05) is 11.1 Å². The summed E-state index contributed by atoms with van der Waals surface area (Å²) in [6, 6.07) is 3.26. The van der Waals surface area contributed by atoms with Gasteiger partial charge in [0.25, 0.3) is 5.91 Å². The Labute approximate surface area is 122 Å². The third-order valence-corrected chi connectivity index (χ3v) is 3.22. The predicted octanol–water partition coefficient (Wildman–Crippen LogP) is 3.27. The smallest absolute Gasteiger partial charge is 0.257 e. The Morgan fingerprint density at radius 1 is 1.30 bits per heavy atom. The number of nitrogens with one attached hydrogen (secondary N) is 1. The summed E-state index contributed by atoms with van der Waals surface area (Å²) in [6.07, 6.45) is 1.41. The van der Waals surface area contributed by atoms with Gasteiger partial charge < -0.3 is 11.1 Å². The highest BCUT2D eigenvalue weighted by Crippen LogP contribution is 2.24. The maximum atomic E-state index is 13.6. The lowest BCUT2D eigenvalue weighted by Crippen LogP contribution is -2.15. The van der Waals surface area contributed by atoms with Crippen molar-refractivity contribution in [1.82, 2.24) is 4.98 Å². The van der Waals surface area contributed by atoms with E-state index < -0.39 is 17.5 Å². The number of rotatable bonds is 2. The fraction of sp³-hybridized carbons (Fsp3) is 0.0769. The van der Waals surface area contributed by atoms with Crippen LogP contribution in [0.2, 0.25) is 0 Å². The number of hydrogen-bond donors (Lipinski definition) is 2. The molecular weight excluding hydrogens is 332 g/mol. The standard InChI is InChI=1S/C13H10BrF2N3O/c1-6-8(2-7(17)5-18-6)13(20)19-12-4-10(15)9(14)3-11(12)16/h2-5H,17H2,1H3,(H,19,20). The van der Waals surface area contributed by atoms with Crippen LogP contribution in [-0.2, 0) is 0 Å². The fourth-order valence-electron chi connectivity index (χ4n) is 1.59. The molecule has 0 atom stereocenters. The zero-order valence-electron chi connectivity index (χ0n) is 10.4. The SMILES string of the molecule is Cc1ncc(N)cc1C(=O)Nc1cc(F)c(Br)cc1F. The molecule has 0 aliphatic carbocycles. The molecule has 0 aliphatic rings. The predicted molar refractivity (Wildman–Crippen MR) is 75.4 cm³/mol. The van der Waals surface area contributed by atoms with Gasteiger partial charge in [-0.3, -0.25) is 9.78 Å². The number of nitrogens with two attached hydrogens (primary N) is 1. The topological polar surface area (TPSA) is 68.0 Å². The number of pyridine rings is 1. The third-order valence-electron chi connectivity index (χ3n) is 2.61. The Morgan fingerprint density at radius 3 is 2.70 bits per heavy atom. The molecule has 0 spiro atoms. The lowest BCUT2D eigenvalue weighted by Gasteiger charge is -2.09. The number of hydrogen-bond acceptors (Lipinski definition) is 3. The Hall–Kier alpha value is -2.02. The van der Waals surface area contributed by atoms with Crippen molar-refractivity contribution in [2.24, 2.45) is 0 Å². The molecule has 0 fully saturated rings. The summed E-state index contributed by atoms with van der Waals surface area (Å²) in [4.78, 5) is 16.0. The van der Waals surface area contributed by atoms with Crippen molar-refractivity contribution in [3.05, 3.63) is 51.8 Å². The van der Waals surface area contributed by atoms with E-state index in [9.17, 15) is 13.6 Å². The molecular formula is C13H10BrF2N3O. The van der Waals surface area contributed by atoms with Crippen molar-refractivity contribution in [1.29, 1.82) is 0 Å². The van der Waals surface area contributed by atoms with E-state index in [0.717, 1.165) is 12.1 Å². The van der Waals surface area contributed by atoms with E-state index >= 15 is 0 Å². The van der Waals surface area contributed by atoms with Crippen LogP contribution in [-0.4, -0.2) is 10.9 Å². The number of nitrogens with zero attached hydrogens (tertiary/aromatic N) is 1. The van der Waals surface area contributed by atoms with E-state index in [2.05, 4.69) is 26.2 Å². The molecule has 2 aromatic rings. The Kier molecular flexibility index (Phi) is 3.99. The molecule has 0 bridgehead atoms. The zero-order chi connectivity index (χ0) is 14.9. The van der Waals surface area contributed by atoms with E-state index in [1.807, 2.05) is 0 Å². The normalized spacial score (nSPS) is 10.4. The minimum atomic E-state index is -0.749. The minimum absolute atomic E-state index is 0.0187. The number of carbonyl (C=O) groups excluding carboxylic acids is 1. The van der Waals surface area contributed by atoms with Gasteiger partial charge in [-0.25, -0.2) is 8.78 Å². The maximum absolute atomic E-state index is 13.6. The number of carbonyl (C=O) groups is 1. The monoisotopic (exact) mass is 341 g/mol. The van der Waals surface area contributed by atoms with Gasteiger partial charge in [-0.05, 0) is 35.0 Å². The van der Waals surface area contributed by atoms with Crippen LogP contribution in [0.4, 0.5) is 20.2 Å². The summed E-state index contributed by atoms with van der Waals surface area (Å²) in [6.45, 7) is 1.62. The van der Waals surface area contributed by atoms with Crippen LogP contribution in [0.1, 0.15) is 16.1 Å². The summed E-state index contributed by atoms with van der Waals surface area (Å²) in [5, 5.41) is 2.29. The van der Waals surface area contributed by atoms with Crippen LogP contribution in [0.15, 0.2) is 28.9 Å². The van der Waals surface area contributed by atoms with Gasteiger partial charge in [-0.1, -0.05) is 0 Å². The quantitative estimate of drug-likeness (QED) is 0.823. The van der Waals surface area contributed by atoms with Gasteiger partial charge in [0, 0.05) is 6.07 Å².